The summed E-state index contributed by atoms with van der Waals surface area (Å²) in [5.74, 6) is 0. The van der Waals surface area contributed by atoms with Crippen LogP contribution in [0.1, 0.15) is 30.9 Å². The first-order chi connectivity index (χ1) is 9.35. The van der Waals surface area contributed by atoms with Gasteiger partial charge in [0, 0.05) is 0 Å². The Labute approximate surface area is 135 Å². The van der Waals surface area contributed by atoms with E-state index in [4.69, 9.17) is 0 Å². The third-order valence-corrected chi connectivity index (χ3v) is 10.2. The fourth-order valence-corrected chi connectivity index (χ4v) is 7.01. The highest BCUT2D eigenvalue weighted by Gasteiger charge is 2.62. The average Bonchev–Trinajstić information content (AvgIpc) is 2.40. The van der Waals surface area contributed by atoms with E-state index in [0.717, 1.165) is 12.8 Å². The van der Waals surface area contributed by atoms with E-state index in [1.54, 1.807) is 35.3 Å². The molecule has 0 radical (unpaired) electrons. The van der Waals surface area contributed by atoms with Gasteiger partial charge in [0.05, 0.1) is 5.60 Å². The molecule has 0 saturated heterocycles. The Bertz CT molecular complexity index is 451. The number of aryl methyl sites for hydroxylation is 1. The Morgan fingerprint density at radius 1 is 1.00 bits per heavy atom. The number of rotatable bonds is 5. The summed E-state index contributed by atoms with van der Waals surface area (Å²) in [7, 11) is 0. The van der Waals surface area contributed by atoms with Crippen LogP contribution in [0.3, 0.4) is 0 Å². The second-order valence-electron chi connectivity index (χ2n) is 5.98. The largest absolute Gasteiger partial charge is 0.387 e. The lowest BCUT2D eigenvalue weighted by Gasteiger charge is -2.59. The van der Waals surface area contributed by atoms with Crippen LogP contribution in [-0.2, 0) is 5.41 Å². The van der Waals surface area contributed by atoms with Crippen molar-refractivity contribution in [1.29, 1.82) is 0 Å². The third kappa shape index (κ3) is 2.53. The second-order valence-corrected chi connectivity index (χ2v) is 9.82. The van der Waals surface area contributed by atoms with E-state index in [2.05, 4.69) is 56.9 Å². The van der Waals surface area contributed by atoms with Gasteiger partial charge >= 0.3 is 0 Å². The maximum absolute atomic E-state index is 11.1. The monoisotopic (exact) mass is 328 g/mol. The van der Waals surface area contributed by atoms with Crippen LogP contribution in [0.2, 0.25) is 0 Å². The zero-order valence-electron chi connectivity index (χ0n) is 12.9. The van der Waals surface area contributed by atoms with E-state index in [9.17, 15) is 5.11 Å². The fourth-order valence-electron chi connectivity index (χ4n) is 3.44. The highest BCUT2D eigenvalue weighted by Crippen LogP contribution is 2.64. The molecule has 0 heterocycles. The lowest BCUT2D eigenvalue weighted by Crippen LogP contribution is -2.62. The van der Waals surface area contributed by atoms with Crippen molar-refractivity contribution in [3.8, 4) is 0 Å². The Morgan fingerprint density at radius 2 is 1.45 bits per heavy atom. The molecule has 0 amide bonds. The fraction of sp³-hybridized carbons (Fsp3) is 0.625. The predicted octanol–water partition coefficient (Wildman–Crippen LogP) is 4.52. The smallest absolute Gasteiger partial charge is 0.135 e. The minimum absolute atomic E-state index is 0.106. The molecule has 1 aliphatic rings. The molecule has 1 fully saturated rings. The Morgan fingerprint density at radius 3 is 1.85 bits per heavy atom. The van der Waals surface area contributed by atoms with Gasteiger partial charge in [0.1, 0.15) is 3.41 Å². The van der Waals surface area contributed by atoms with Gasteiger partial charge in [-0.2, -0.15) is 0 Å². The molecule has 1 aromatic carbocycles. The van der Waals surface area contributed by atoms with Gasteiger partial charge in [-0.25, -0.2) is 0 Å². The van der Waals surface area contributed by atoms with E-state index in [1.165, 1.54) is 11.1 Å². The molecule has 1 aliphatic carbocycles. The quantitative estimate of drug-likeness (QED) is 0.801. The minimum atomic E-state index is -0.592. The summed E-state index contributed by atoms with van der Waals surface area (Å²) in [5, 5.41) is 11.1. The molecule has 0 aliphatic heterocycles. The summed E-state index contributed by atoms with van der Waals surface area (Å²) in [4.78, 5) is 0. The average molecular weight is 329 g/mol. The number of thioether (sulfide) groups is 3. The first-order valence-electron chi connectivity index (χ1n) is 6.80. The van der Waals surface area contributed by atoms with Crippen LogP contribution in [0, 0.1) is 6.92 Å². The lowest BCUT2D eigenvalue weighted by atomic mass is 9.57. The van der Waals surface area contributed by atoms with E-state index in [-0.39, 0.29) is 8.83 Å². The summed E-state index contributed by atoms with van der Waals surface area (Å²) < 4.78 is -0.156. The van der Waals surface area contributed by atoms with Crippen molar-refractivity contribution in [2.24, 2.45) is 0 Å². The van der Waals surface area contributed by atoms with Gasteiger partial charge in [-0.05, 0) is 49.5 Å². The molecule has 1 aromatic rings. The molecule has 0 spiro atoms. The van der Waals surface area contributed by atoms with E-state index >= 15 is 0 Å². The summed E-state index contributed by atoms with van der Waals surface area (Å²) in [6, 6.07) is 8.77. The Hall–Kier alpha value is 0.230. The van der Waals surface area contributed by atoms with Gasteiger partial charge in [-0.1, -0.05) is 36.8 Å². The molecule has 1 nitrogen and oxygen atoms in total. The van der Waals surface area contributed by atoms with E-state index in [0.29, 0.717) is 0 Å². The van der Waals surface area contributed by atoms with Gasteiger partial charge in [0.2, 0.25) is 0 Å². The van der Waals surface area contributed by atoms with Crippen LogP contribution in [0.4, 0.5) is 0 Å². The molecule has 20 heavy (non-hydrogen) atoms. The zero-order valence-corrected chi connectivity index (χ0v) is 15.3. The maximum Gasteiger partial charge on any atom is 0.135 e. The molecule has 0 aromatic heterocycles. The first kappa shape index (κ1) is 16.6. The third-order valence-electron chi connectivity index (χ3n) is 4.49. The molecule has 4 heteroatoms. The van der Waals surface area contributed by atoms with Gasteiger partial charge in [0.25, 0.3) is 0 Å². The van der Waals surface area contributed by atoms with E-state index < -0.39 is 5.60 Å². The van der Waals surface area contributed by atoms with Crippen molar-refractivity contribution in [2.75, 3.05) is 18.8 Å². The van der Waals surface area contributed by atoms with Crippen molar-refractivity contribution in [1.82, 2.24) is 0 Å². The van der Waals surface area contributed by atoms with Crippen molar-refractivity contribution >= 4 is 35.3 Å². The summed E-state index contributed by atoms with van der Waals surface area (Å²) in [5.41, 5.74) is 2.16. The van der Waals surface area contributed by atoms with Crippen molar-refractivity contribution < 1.29 is 5.11 Å². The Kier molecular flexibility index (Phi) is 4.80. The topological polar surface area (TPSA) is 20.2 Å². The van der Waals surface area contributed by atoms with Crippen LogP contribution < -0.4 is 0 Å². The minimum Gasteiger partial charge on any atom is -0.387 e. The van der Waals surface area contributed by atoms with Gasteiger partial charge in [0.15, 0.2) is 0 Å². The Balaban J connectivity index is 2.21. The van der Waals surface area contributed by atoms with Gasteiger partial charge in [-0.15, -0.1) is 35.3 Å². The normalized spacial score (nSPS) is 30.1. The molecule has 1 saturated carbocycles. The van der Waals surface area contributed by atoms with Crippen LogP contribution in [-0.4, -0.2) is 32.9 Å². The summed E-state index contributed by atoms with van der Waals surface area (Å²) in [6.07, 6.45) is 7.99. The molecule has 1 N–H and O–H groups in total. The van der Waals surface area contributed by atoms with Crippen LogP contribution in [0.15, 0.2) is 24.3 Å². The summed E-state index contributed by atoms with van der Waals surface area (Å²) in [6.45, 7) is 4.39. The molecular weight excluding hydrogens is 304 g/mol. The predicted molar refractivity (Wildman–Crippen MR) is 96.0 cm³/mol. The molecule has 0 unspecified atom stereocenters. The molecule has 2 rings (SSSR count). The highest BCUT2D eigenvalue weighted by atomic mass is 32.3. The van der Waals surface area contributed by atoms with Crippen LogP contribution in [0.25, 0.3) is 0 Å². The second kappa shape index (κ2) is 5.79. The molecule has 0 atom stereocenters. The van der Waals surface area contributed by atoms with Crippen molar-refractivity contribution in [2.45, 2.75) is 41.1 Å². The van der Waals surface area contributed by atoms with Crippen molar-refractivity contribution in [3.05, 3.63) is 35.4 Å². The number of benzene rings is 1. The molecule has 0 bridgehead atoms. The standard InChI is InChI=1S/C16H24OS3/c1-12-6-8-13(9-7-12)14(2)10-15(17,11-14)16(18-3,19-4)20-5/h6-9,17H,10-11H2,1-5H3. The first-order valence-corrected chi connectivity index (χ1v) is 10.5. The summed E-state index contributed by atoms with van der Waals surface area (Å²) >= 11 is 5.32. The van der Waals surface area contributed by atoms with Gasteiger partial charge in [-0.3, -0.25) is 0 Å². The van der Waals surface area contributed by atoms with Crippen LogP contribution >= 0.6 is 35.3 Å². The van der Waals surface area contributed by atoms with Crippen LogP contribution in [0.5, 0.6) is 0 Å². The SMILES string of the molecule is CSC(SC)(SC)C1(O)CC(C)(c2ccc(C)cc2)C1. The number of hydrogen-bond donors (Lipinski definition) is 1. The highest BCUT2D eigenvalue weighted by molar-refractivity contribution is 8.33. The number of hydrogen-bond acceptors (Lipinski definition) is 4. The maximum atomic E-state index is 11.1. The lowest BCUT2D eigenvalue weighted by molar-refractivity contribution is -0.0769. The van der Waals surface area contributed by atoms with E-state index in [1.807, 2.05) is 0 Å². The molecular formula is C16H24OS3. The van der Waals surface area contributed by atoms with Crippen molar-refractivity contribution in [3.63, 3.8) is 0 Å². The number of aliphatic hydroxyl groups is 1. The molecule has 112 valence electrons. The van der Waals surface area contributed by atoms with Gasteiger partial charge < -0.3 is 5.11 Å². The zero-order chi connectivity index (χ0) is 15.0.